The van der Waals surface area contributed by atoms with Gasteiger partial charge in [0.15, 0.2) is 0 Å². The van der Waals surface area contributed by atoms with Crippen molar-refractivity contribution in [2.45, 2.75) is 25.4 Å². The first kappa shape index (κ1) is 14.7. The maximum atomic E-state index is 6.23. The first-order chi connectivity index (χ1) is 10.2. The molecule has 1 aliphatic carbocycles. The van der Waals surface area contributed by atoms with E-state index in [0.717, 1.165) is 22.7 Å². The van der Waals surface area contributed by atoms with E-state index >= 15 is 0 Å². The highest BCUT2D eigenvalue weighted by molar-refractivity contribution is 6.32. The lowest BCUT2D eigenvalue weighted by molar-refractivity contribution is 0.415. The average molecular weight is 322 g/mol. The van der Waals surface area contributed by atoms with Crippen LogP contribution in [0.25, 0.3) is 11.1 Å². The number of hydrogen-bond acceptors (Lipinski definition) is 2. The molecule has 0 unspecified atom stereocenters. The van der Waals surface area contributed by atoms with Gasteiger partial charge in [-0.05, 0) is 53.8 Å². The number of ether oxygens (including phenoxy) is 1. The molecule has 110 valence electrons. The molecule has 2 aromatic rings. The number of methoxy groups -OCH3 is 1. The van der Waals surface area contributed by atoms with Crippen molar-refractivity contribution < 1.29 is 4.74 Å². The van der Waals surface area contributed by atoms with Crippen molar-refractivity contribution in [3.63, 3.8) is 0 Å². The monoisotopic (exact) mass is 321 g/mol. The Morgan fingerprint density at radius 1 is 1.14 bits per heavy atom. The van der Waals surface area contributed by atoms with Gasteiger partial charge in [0.1, 0.15) is 5.75 Å². The smallest absolute Gasteiger partial charge is 0.137 e. The maximum Gasteiger partial charge on any atom is 0.137 e. The van der Waals surface area contributed by atoms with Gasteiger partial charge < -0.3 is 10.1 Å². The Bertz CT molecular complexity index is 653. The summed E-state index contributed by atoms with van der Waals surface area (Å²) in [6, 6.07) is 12.5. The maximum absolute atomic E-state index is 6.23. The fraction of sp³-hybridized carbons (Fsp3) is 0.294. The van der Waals surface area contributed by atoms with Crippen molar-refractivity contribution in [3.8, 4) is 16.9 Å². The minimum atomic E-state index is 0.617. The van der Waals surface area contributed by atoms with E-state index in [9.17, 15) is 0 Å². The van der Waals surface area contributed by atoms with Crippen molar-refractivity contribution in [2.75, 3.05) is 7.11 Å². The van der Waals surface area contributed by atoms with Gasteiger partial charge in [-0.2, -0.15) is 0 Å². The minimum Gasteiger partial charge on any atom is -0.495 e. The number of halogens is 2. The molecule has 0 radical (unpaired) electrons. The summed E-state index contributed by atoms with van der Waals surface area (Å²) in [6.07, 6.45) is 2.54. The molecule has 0 heterocycles. The van der Waals surface area contributed by atoms with Crippen LogP contribution in [-0.4, -0.2) is 13.2 Å². The molecule has 2 aromatic carbocycles. The molecule has 21 heavy (non-hydrogen) atoms. The fourth-order valence-corrected chi connectivity index (χ4v) is 2.82. The molecule has 0 bridgehead atoms. The van der Waals surface area contributed by atoms with Crippen LogP contribution in [0.15, 0.2) is 36.4 Å². The Morgan fingerprint density at radius 2 is 1.95 bits per heavy atom. The third-order valence-corrected chi connectivity index (χ3v) is 4.22. The summed E-state index contributed by atoms with van der Waals surface area (Å²) >= 11 is 12.4. The Morgan fingerprint density at radius 3 is 2.62 bits per heavy atom. The van der Waals surface area contributed by atoms with Crippen LogP contribution in [0, 0.1) is 0 Å². The molecule has 1 aliphatic rings. The molecule has 0 spiro atoms. The van der Waals surface area contributed by atoms with E-state index in [-0.39, 0.29) is 0 Å². The van der Waals surface area contributed by atoms with E-state index in [1.54, 1.807) is 7.11 Å². The minimum absolute atomic E-state index is 0.617. The summed E-state index contributed by atoms with van der Waals surface area (Å²) in [6.45, 7) is 0.824. The van der Waals surface area contributed by atoms with Gasteiger partial charge in [-0.25, -0.2) is 0 Å². The molecule has 3 rings (SSSR count). The van der Waals surface area contributed by atoms with Crippen molar-refractivity contribution >= 4 is 23.2 Å². The van der Waals surface area contributed by atoms with E-state index in [0.29, 0.717) is 16.8 Å². The average Bonchev–Trinajstić information content (AvgIpc) is 3.29. The Hall–Kier alpha value is -1.22. The normalized spacial score (nSPS) is 14.2. The van der Waals surface area contributed by atoms with Crippen molar-refractivity contribution in [1.82, 2.24) is 5.32 Å². The molecule has 0 amide bonds. The second kappa shape index (κ2) is 6.27. The largest absolute Gasteiger partial charge is 0.495 e. The van der Waals surface area contributed by atoms with Crippen molar-refractivity contribution in [3.05, 3.63) is 52.0 Å². The van der Waals surface area contributed by atoms with Gasteiger partial charge >= 0.3 is 0 Å². The second-order valence-electron chi connectivity index (χ2n) is 5.31. The SMILES string of the molecule is COc1ccc(-c2ccc(Cl)cc2CNC2CC2)cc1Cl. The van der Waals surface area contributed by atoms with E-state index in [1.165, 1.54) is 18.4 Å². The summed E-state index contributed by atoms with van der Waals surface area (Å²) in [5.41, 5.74) is 3.41. The first-order valence-electron chi connectivity index (χ1n) is 7.03. The van der Waals surface area contributed by atoms with Gasteiger partial charge in [-0.3, -0.25) is 0 Å². The highest BCUT2D eigenvalue weighted by Crippen LogP contribution is 2.33. The Balaban J connectivity index is 1.93. The second-order valence-corrected chi connectivity index (χ2v) is 6.15. The third kappa shape index (κ3) is 3.52. The number of nitrogens with one attached hydrogen (secondary N) is 1. The van der Waals surface area contributed by atoms with Crippen LogP contribution in [0.2, 0.25) is 10.0 Å². The van der Waals surface area contributed by atoms with Crippen molar-refractivity contribution in [1.29, 1.82) is 0 Å². The van der Waals surface area contributed by atoms with E-state index < -0.39 is 0 Å². The first-order valence-corrected chi connectivity index (χ1v) is 7.78. The lowest BCUT2D eigenvalue weighted by Crippen LogP contribution is -2.15. The topological polar surface area (TPSA) is 21.3 Å². The van der Waals surface area contributed by atoms with Crippen LogP contribution >= 0.6 is 23.2 Å². The standard InChI is InChI=1S/C17H17Cl2NO/c1-21-17-7-2-11(9-16(17)19)15-6-3-13(18)8-12(15)10-20-14-4-5-14/h2-3,6-9,14,20H,4-5,10H2,1H3. The number of rotatable bonds is 5. The molecular weight excluding hydrogens is 305 g/mol. The van der Waals surface area contributed by atoms with Gasteiger partial charge in [-0.15, -0.1) is 0 Å². The summed E-state index contributed by atoms with van der Waals surface area (Å²) < 4.78 is 5.21. The molecule has 4 heteroatoms. The summed E-state index contributed by atoms with van der Waals surface area (Å²) in [5, 5.41) is 4.90. The van der Waals surface area contributed by atoms with Crippen molar-refractivity contribution in [2.24, 2.45) is 0 Å². The van der Waals surface area contributed by atoms with Gasteiger partial charge in [0.25, 0.3) is 0 Å². The molecule has 1 saturated carbocycles. The van der Waals surface area contributed by atoms with E-state index in [2.05, 4.69) is 5.32 Å². The van der Waals surface area contributed by atoms with E-state index in [1.807, 2.05) is 36.4 Å². The Kier molecular flexibility index (Phi) is 4.39. The molecule has 0 aromatic heterocycles. The highest BCUT2D eigenvalue weighted by atomic mass is 35.5. The molecular formula is C17H17Cl2NO. The molecule has 0 aliphatic heterocycles. The summed E-state index contributed by atoms with van der Waals surface area (Å²) in [4.78, 5) is 0. The van der Waals surface area contributed by atoms with Gasteiger partial charge in [0.05, 0.1) is 12.1 Å². The number of benzene rings is 2. The fourth-order valence-electron chi connectivity index (χ4n) is 2.37. The predicted molar refractivity (Wildman–Crippen MR) is 88.3 cm³/mol. The van der Waals surface area contributed by atoms with E-state index in [4.69, 9.17) is 27.9 Å². The molecule has 2 nitrogen and oxygen atoms in total. The molecule has 1 fully saturated rings. The third-order valence-electron chi connectivity index (χ3n) is 3.69. The van der Waals surface area contributed by atoms with Gasteiger partial charge in [0.2, 0.25) is 0 Å². The lowest BCUT2D eigenvalue weighted by Gasteiger charge is -2.13. The van der Waals surface area contributed by atoms with Gasteiger partial charge in [0, 0.05) is 17.6 Å². The number of hydrogen-bond donors (Lipinski definition) is 1. The van der Waals surface area contributed by atoms with Crippen LogP contribution in [0.5, 0.6) is 5.75 Å². The summed E-state index contributed by atoms with van der Waals surface area (Å²) in [7, 11) is 1.62. The van der Waals surface area contributed by atoms with Crippen LogP contribution in [-0.2, 0) is 6.54 Å². The zero-order valence-electron chi connectivity index (χ0n) is 11.8. The Labute approximate surface area is 135 Å². The van der Waals surface area contributed by atoms with Gasteiger partial charge in [-0.1, -0.05) is 35.3 Å². The predicted octanol–water partition coefficient (Wildman–Crippen LogP) is 4.92. The lowest BCUT2D eigenvalue weighted by atomic mass is 9.99. The van der Waals surface area contributed by atoms with Crippen LogP contribution in [0.4, 0.5) is 0 Å². The molecule has 0 saturated heterocycles. The van der Waals surface area contributed by atoms with Crippen LogP contribution in [0.1, 0.15) is 18.4 Å². The van der Waals surface area contributed by atoms with Crippen LogP contribution in [0.3, 0.4) is 0 Å². The zero-order chi connectivity index (χ0) is 14.8. The highest BCUT2D eigenvalue weighted by Gasteiger charge is 2.20. The zero-order valence-corrected chi connectivity index (χ0v) is 13.3. The molecule has 0 atom stereocenters. The molecule has 1 N–H and O–H groups in total. The quantitative estimate of drug-likeness (QED) is 0.843. The van der Waals surface area contributed by atoms with Crippen LogP contribution < -0.4 is 10.1 Å². The summed E-state index contributed by atoms with van der Waals surface area (Å²) in [5.74, 6) is 0.687.